The summed E-state index contributed by atoms with van der Waals surface area (Å²) in [5, 5.41) is 3.04. The minimum Gasteiger partial charge on any atom is -0.397 e. The maximum Gasteiger partial charge on any atom is 0.254 e. The number of nitrogen functional groups attached to an aromatic ring is 1. The van der Waals surface area contributed by atoms with E-state index < -0.39 is 0 Å². The number of fused-ring (bicyclic) bond motifs is 1. The molecule has 2 aromatic heterocycles. The van der Waals surface area contributed by atoms with Gasteiger partial charge in [-0.2, -0.15) is 0 Å². The number of aromatic nitrogens is 1. The van der Waals surface area contributed by atoms with Gasteiger partial charge in [-0.15, -0.1) is 11.3 Å². The Labute approximate surface area is 126 Å². The van der Waals surface area contributed by atoms with Gasteiger partial charge in [0.2, 0.25) is 0 Å². The Hall–Kier alpha value is -1.59. The molecule has 0 aromatic carbocycles. The number of amides is 1. The number of hydrogen-bond acceptors (Lipinski definition) is 4. The molecule has 3 N–H and O–H groups in total. The summed E-state index contributed by atoms with van der Waals surface area (Å²) in [6, 6.07) is 3.73. The van der Waals surface area contributed by atoms with E-state index in [0.717, 1.165) is 6.42 Å². The number of pyridine rings is 1. The lowest BCUT2D eigenvalue weighted by atomic mass is 10.2. The van der Waals surface area contributed by atoms with Gasteiger partial charge in [0.1, 0.15) is 5.15 Å². The van der Waals surface area contributed by atoms with E-state index in [1.165, 1.54) is 34.4 Å². The van der Waals surface area contributed by atoms with Crippen LogP contribution in [0.4, 0.5) is 5.69 Å². The standard InChI is InChI=1S/C14H14ClN3OS/c15-13-11(5-9(16)6-17-13)14(19)18-7-10-4-8-2-1-3-12(8)20-10/h4-6H,1-3,7,16H2,(H,18,19). The van der Waals surface area contributed by atoms with Crippen molar-refractivity contribution in [3.8, 4) is 0 Å². The van der Waals surface area contributed by atoms with Crippen LogP contribution >= 0.6 is 22.9 Å². The fourth-order valence-corrected chi connectivity index (χ4v) is 3.75. The van der Waals surface area contributed by atoms with Crippen LogP contribution in [0.15, 0.2) is 18.3 Å². The molecule has 0 saturated carbocycles. The predicted octanol–water partition coefficient (Wildman–Crippen LogP) is 2.80. The lowest BCUT2D eigenvalue weighted by molar-refractivity contribution is 0.0951. The van der Waals surface area contributed by atoms with E-state index in [4.69, 9.17) is 17.3 Å². The lowest BCUT2D eigenvalue weighted by Gasteiger charge is -2.06. The van der Waals surface area contributed by atoms with Crippen LogP contribution in [-0.2, 0) is 19.4 Å². The van der Waals surface area contributed by atoms with E-state index >= 15 is 0 Å². The predicted molar refractivity (Wildman–Crippen MR) is 81.2 cm³/mol. The maximum absolute atomic E-state index is 12.1. The molecule has 0 atom stereocenters. The van der Waals surface area contributed by atoms with Crippen molar-refractivity contribution in [1.29, 1.82) is 0 Å². The zero-order valence-corrected chi connectivity index (χ0v) is 12.4. The maximum atomic E-state index is 12.1. The minimum atomic E-state index is -0.247. The third-order valence-electron chi connectivity index (χ3n) is 3.33. The highest BCUT2D eigenvalue weighted by Crippen LogP contribution is 2.30. The second kappa shape index (κ2) is 5.42. The van der Waals surface area contributed by atoms with E-state index in [0.29, 0.717) is 17.8 Å². The molecule has 104 valence electrons. The van der Waals surface area contributed by atoms with Gasteiger partial charge >= 0.3 is 0 Å². The first-order valence-corrected chi connectivity index (χ1v) is 7.62. The Morgan fingerprint density at radius 1 is 1.45 bits per heavy atom. The third-order valence-corrected chi connectivity index (χ3v) is 4.86. The van der Waals surface area contributed by atoms with Crippen molar-refractivity contribution >= 4 is 34.5 Å². The summed E-state index contributed by atoms with van der Waals surface area (Å²) >= 11 is 7.69. The summed E-state index contributed by atoms with van der Waals surface area (Å²) in [5.41, 5.74) is 7.80. The van der Waals surface area contributed by atoms with Crippen LogP contribution in [-0.4, -0.2) is 10.9 Å². The molecule has 0 saturated heterocycles. The second-order valence-corrected chi connectivity index (χ2v) is 6.38. The van der Waals surface area contributed by atoms with E-state index in [9.17, 15) is 4.79 Å². The number of anilines is 1. The first-order chi connectivity index (χ1) is 9.63. The lowest BCUT2D eigenvalue weighted by Crippen LogP contribution is -2.23. The molecule has 1 amide bonds. The summed E-state index contributed by atoms with van der Waals surface area (Å²) < 4.78 is 0. The van der Waals surface area contributed by atoms with Gasteiger partial charge in [0.15, 0.2) is 0 Å². The minimum absolute atomic E-state index is 0.172. The van der Waals surface area contributed by atoms with Crippen molar-refractivity contribution in [3.63, 3.8) is 0 Å². The van der Waals surface area contributed by atoms with E-state index in [1.54, 1.807) is 17.4 Å². The van der Waals surface area contributed by atoms with Crippen LogP contribution in [0.1, 0.15) is 32.1 Å². The smallest absolute Gasteiger partial charge is 0.254 e. The number of halogens is 1. The van der Waals surface area contributed by atoms with Crippen LogP contribution in [0, 0.1) is 0 Å². The molecule has 0 bridgehead atoms. The Bertz CT molecular complexity index is 647. The molecule has 1 aliphatic rings. The molecule has 0 aliphatic heterocycles. The van der Waals surface area contributed by atoms with Crippen LogP contribution in [0.5, 0.6) is 0 Å². The highest BCUT2D eigenvalue weighted by molar-refractivity contribution is 7.12. The van der Waals surface area contributed by atoms with Crippen molar-refractivity contribution in [2.75, 3.05) is 5.73 Å². The molecule has 3 rings (SSSR count). The van der Waals surface area contributed by atoms with Gasteiger partial charge < -0.3 is 11.1 Å². The van der Waals surface area contributed by atoms with Gasteiger partial charge in [-0.1, -0.05) is 11.6 Å². The van der Waals surface area contributed by atoms with Crippen molar-refractivity contribution in [3.05, 3.63) is 44.4 Å². The Kier molecular flexibility index (Phi) is 3.63. The summed E-state index contributed by atoms with van der Waals surface area (Å²) in [4.78, 5) is 18.6. The SMILES string of the molecule is Nc1cnc(Cl)c(C(=O)NCc2cc3c(s2)CCC3)c1. The molecule has 6 heteroatoms. The topological polar surface area (TPSA) is 68.0 Å². The number of thiophene rings is 1. The zero-order chi connectivity index (χ0) is 14.1. The van der Waals surface area contributed by atoms with Gasteiger partial charge in [0.25, 0.3) is 5.91 Å². The van der Waals surface area contributed by atoms with Crippen LogP contribution in [0.25, 0.3) is 0 Å². The van der Waals surface area contributed by atoms with Crippen molar-refractivity contribution in [2.24, 2.45) is 0 Å². The average Bonchev–Trinajstić information content (AvgIpc) is 2.99. The van der Waals surface area contributed by atoms with Gasteiger partial charge in [-0.05, 0) is 37.0 Å². The molecule has 0 unspecified atom stereocenters. The van der Waals surface area contributed by atoms with E-state index in [-0.39, 0.29) is 11.1 Å². The summed E-state index contributed by atoms with van der Waals surface area (Å²) in [6.45, 7) is 0.516. The number of carbonyl (C=O) groups is 1. The van der Waals surface area contributed by atoms with Gasteiger partial charge in [-0.3, -0.25) is 4.79 Å². The third kappa shape index (κ3) is 2.64. The monoisotopic (exact) mass is 307 g/mol. The van der Waals surface area contributed by atoms with Crippen molar-refractivity contribution < 1.29 is 4.79 Å². The number of nitrogens with one attached hydrogen (secondary N) is 1. The van der Waals surface area contributed by atoms with E-state index in [1.807, 2.05) is 0 Å². The highest BCUT2D eigenvalue weighted by Gasteiger charge is 2.16. The molecular weight excluding hydrogens is 294 g/mol. The molecule has 1 aliphatic carbocycles. The quantitative estimate of drug-likeness (QED) is 0.857. The number of aryl methyl sites for hydroxylation is 2. The number of carbonyl (C=O) groups excluding carboxylic acids is 1. The van der Waals surface area contributed by atoms with Gasteiger partial charge in [0.05, 0.1) is 24.0 Å². The fraction of sp³-hybridized carbons (Fsp3) is 0.286. The second-order valence-electron chi connectivity index (χ2n) is 4.80. The number of rotatable bonds is 3. The van der Waals surface area contributed by atoms with E-state index in [2.05, 4.69) is 16.4 Å². The molecule has 0 spiro atoms. The van der Waals surface area contributed by atoms with Gasteiger partial charge in [0, 0.05) is 9.75 Å². The Morgan fingerprint density at radius 2 is 2.30 bits per heavy atom. The first kappa shape index (κ1) is 13.4. The molecule has 2 aromatic rings. The molecule has 2 heterocycles. The normalized spacial score (nSPS) is 13.2. The highest BCUT2D eigenvalue weighted by atomic mass is 35.5. The molecule has 20 heavy (non-hydrogen) atoms. The Balaban J connectivity index is 1.68. The van der Waals surface area contributed by atoms with Crippen LogP contribution in [0.2, 0.25) is 5.15 Å². The zero-order valence-electron chi connectivity index (χ0n) is 10.8. The molecule has 0 radical (unpaired) electrons. The first-order valence-electron chi connectivity index (χ1n) is 6.43. The summed E-state index contributed by atoms with van der Waals surface area (Å²) in [7, 11) is 0. The molecule has 0 fully saturated rings. The number of nitrogens with zero attached hydrogens (tertiary/aromatic N) is 1. The van der Waals surface area contributed by atoms with Crippen LogP contribution in [0.3, 0.4) is 0 Å². The van der Waals surface area contributed by atoms with Crippen molar-refractivity contribution in [2.45, 2.75) is 25.8 Å². The number of hydrogen-bond donors (Lipinski definition) is 2. The largest absolute Gasteiger partial charge is 0.397 e. The average molecular weight is 308 g/mol. The van der Waals surface area contributed by atoms with Crippen molar-refractivity contribution in [1.82, 2.24) is 10.3 Å². The Morgan fingerprint density at radius 3 is 3.10 bits per heavy atom. The molecular formula is C14H14ClN3OS. The van der Waals surface area contributed by atoms with Crippen LogP contribution < -0.4 is 11.1 Å². The summed E-state index contributed by atoms with van der Waals surface area (Å²) in [6.07, 6.45) is 5.00. The molecule has 4 nitrogen and oxygen atoms in total. The fourth-order valence-electron chi connectivity index (χ4n) is 2.36. The summed E-state index contributed by atoms with van der Waals surface area (Å²) in [5.74, 6) is -0.247. The van der Waals surface area contributed by atoms with Gasteiger partial charge in [-0.25, -0.2) is 4.98 Å². The number of nitrogens with two attached hydrogens (primary N) is 1.